The van der Waals surface area contributed by atoms with Crippen molar-refractivity contribution >= 4 is 0 Å². The molecule has 0 atom stereocenters. The van der Waals surface area contributed by atoms with Crippen molar-refractivity contribution in [3.05, 3.63) is 23.7 Å². The molecule has 0 aromatic carbocycles. The summed E-state index contributed by atoms with van der Waals surface area (Å²) in [7, 11) is 4.16. The zero-order valence-corrected chi connectivity index (χ0v) is 10.0. The third-order valence-electron chi connectivity index (χ3n) is 2.62. The highest BCUT2D eigenvalue weighted by molar-refractivity contribution is 5.14. The van der Waals surface area contributed by atoms with Crippen LogP contribution >= 0.6 is 0 Å². The highest BCUT2D eigenvalue weighted by Gasteiger charge is 2.04. The van der Waals surface area contributed by atoms with Crippen molar-refractivity contribution in [2.24, 2.45) is 0 Å². The van der Waals surface area contributed by atoms with Crippen molar-refractivity contribution in [3.8, 4) is 0 Å². The normalized spacial score (nSPS) is 11.2. The molecule has 3 heteroatoms. The van der Waals surface area contributed by atoms with Crippen LogP contribution in [0.4, 0.5) is 0 Å². The lowest BCUT2D eigenvalue weighted by atomic mass is 10.2. The van der Waals surface area contributed by atoms with Crippen LogP contribution in [-0.2, 0) is 6.54 Å². The van der Waals surface area contributed by atoms with E-state index < -0.39 is 0 Å². The SMILES string of the molecule is CNCCCCN(C)Cc1ccoc1C. The van der Waals surface area contributed by atoms with Gasteiger partial charge in [-0.1, -0.05) is 0 Å². The van der Waals surface area contributed by atoms with Gasteiger partial charge in [-0.15, -0.1) is 0 Å². The Hall–Kier alpha value is -0.800. The molecule has 0 saturated heterocycles. The largest absolute Gasteiger partial charge is 0.469 e. The van der Waals surface area contributed by atoms with Crippen molar-refractivity contribution in [1.82, 2.24) is 10.2 Å². The van der Waals surface area contributed by atoms with Crippen LogP contribution in [0.3, 0.4) is 0 Å². The minimum Gasteiger partial charge on any atom is -0.469 e. The van der Waals surface area contributed by atoms with Crippen molar-refractivity contribution < 1.29 is 4.42 Å². The number of aryl methyl sites for hydroxylation is 1. The minimum atomic E-state index is 0.988. The summed E-state index contributed by atoms with van der Waals surface area (Å²) in [6.45, 7) is 5.26. The summed E-state index contributed by atoms with van der Waals surface area (Å²) in [6, 6.07) is 2.05. The van der Waals surface area contributed by atoms with Gasteiger partial charge in [-0.25, -0.2) is 0 Å². The molecule has 0 amide bonds. The number of nitrogens with zero attached hydrogens (tertiary/aromatic N) is 1. The first-order valence-electron chi connectivity index (χ1n) is 5.60. The van der Waals surface area contributed by atoms with Gasteiger partial charge in [0.15, 0.2) is 0 Å². The van der Waals surface area contributed by atoms with Crippen molar-refractivity contribution in [2.45, 2.75) is 26.3 Å². The Balaban J connectivity index is 2.18. The summed E-state index contributed by atoms with van der Waals surface area (Å²) in [5.41, 5.74) is 1.30. The van der Waals surface area contributed by atoms with E-state index in [1.54, 1.807) is 6.26 Å². The Morgan fingerprint density at radius 1 is 1.40 bits per heavy atom. The standard InChI is InChI=1S/C12H22N2O/c1-11-12(6-9-15-11)10-14(3)8-5-4-7-13-2/h6,9,13H,4-5,7-8,10H2,1-3H3. The van der Waals surface area contributed by atoms with Gasteiger partial charge in [0.05, 0.1) is 6.26 Å². The molecule has 0 bridgehead atoms. The van der Waals surface area contributed by atoms with Gasteiger partial charge >= 0.3 is 0 Å². The van der Waals surface area contributed by atoms with Gasteiger partial charge in [0, 0.05) is 12.1 Å². The third-order valence-corrected chi connectivity index (χ3v) is 2.62. The van der Waals surface area contributed by atoms with Crippen LogP contribution in [0.1, 0.15) is 24.2 Å². The molecule has 1 aromatic rings. The Morgan fingerprint density at radius 2 is 2.20 bits per heavy atom. The molecule has 86 valence electrons. The van der Waals surface area contributed by atoms with Crippen molar-refractivity contribution in [1.29, 1.82) is 0 Å². The molecule has 1 rings (SSSR count). The zero-order chi connectivity index (χ0) is 11.1. The van der Waals surface area contributed by atoms with Gasteiger partial charge < -0.3 is 14.6 Å². The average molecular weight is 210 g/mol. The topological polar surface area (TPSA) is 28.4 Å². The van der Waals surface area contributed by atoms with Crippen LogP contribution in [0.2, 0.25) is 0 Å². The summed E-state index contributed by atoms with van der Waals surface area (Å²) in [4.78, 5) is 2.34. The lowest BCUT2D eigenvalue weighted by Crippen LogP contribution is -2.20. The molecule has 0 aliphatic carbocycles. The number of furan rings is 1. The smallest absolute Gasteiger partial charge is 0.105 e. The second-order valence-electron chi connectivity index (χ2n) is 4.05. The van der Waals surface area contributed by atoms with Gasteiger partial charge in [-0.3, -0.25) is 0 Å². The van der Waals surface area contributed by atoms with E-state index in [1.165, 1.54) is 18.4 Å². The molecule has 1 N–H and O–H groups in total. The van der Waals surface area contributed by atoms with E-state index in [0.29, 0.717) is 0 Å². The monoisotopic (exact) mass is 210 g/mol. The molecule has 0 aliphatic heterocycles. The highest BCUT2D eigenvalue weighted by atomic mass is 16.3. The molecule has 1 aromatic heterocycles. The summed E-state index contributed by atoms with van der Waals surface area (Å²) in [6.07, 6.45) is 4.25. The Bertz CT molecular complexity index is 270. The van der Waals surface area contributed by atoms with Crippen LogP contribution in [-0.4, -0.2) is 32.1 Å². The first-order valence-corrected chi connectivity index (χ1v) is 5.60. The fourth-order valence-corrected chi connectivity index (χ4v) is 1.63. The Kier molecular flexibility index (Phi) is 5.43. The quantitative estimate of drug-likeness (QED) is 0.698. The molecule has 0 spiro atoms. The fourth-order valence-electron chi connectivity index (χ4n) is 1.63. The summed E-state index contributed by atoms with van der Waals surface area (Å²) in [5.74, 6) is 1.04. The molecule has 0 aliphatic rings. The van der Waals surface area contributed by atoms with Gasteiger partial charge in [-0.2, -0.15) is 0 Å². The number of unbranched alkanes of at least 4 members (excludes halogenated alkanes) is 1. The maximum Gasteiger partial charge on any atom is 0.105 e. The van der Waals surface area contributed by atoms with Gasteiger partial charge in [0.25, 0.3) is 0 Å². The predicted octanol–water partition coefficient (Wildman–Crippen LogP) is 2.02. The minimum absolute atomic E-state index is 0.988. The van der Waals surface area contributed by atoms with Crippen LogP contribution < -0.4 is 5.32 Å². The van der Waals surface area contributed by atoms with Crippen LogP contribution in [0, 0.1) is 6.92 Å². The number of hydrogen-bond acceptors (Lipinski definition) is 3. The lowest BCUT2D eigenvalue weighted by molar-refractivity contribution is 0.316. The summed E-state index contributed by atoms with van der Waals surface area (Å²) < 4.78 is 5.27. The molecule has 0 saturated carbocycles. The first-order chi connectivity index (χ1) is 7.24. The lowest BCUT2D eigenvalue weighted by Gasteiger charge is -2.15. The van der Waals surface area contributed by atoms with E-state index in [9.17, 15) is 0 Å². The third kappa shape index (κ3) is 4.49. The number of rotatable bonds is 7. The van der Waals surface area contributed by atoms with Gasteiger partial charge in [0.1, 0.15) is 5.76 Å². The van der Waals surface area contributed by atoms with E-state index in [2.05, 4.69) is 23.3 Å². The number of hydrogen-bond donors (Lipinski definition) is 1. The Labute approximate surface area is 92.5 Å². The summed E-state index contributed by atoms with van der Waals surface area (Å²) in [5, 5.41) is 3.16. The molecule has 3 nitrogen and oxygen atoms in total. The van der Waals surface area contributed by atoms with Gasteiger partial charge in [0.2, 0.25) is 0 Å². The summed E-state index contributed by atoms with van der Waals surface area (Å²) >= 11 is 0. The van der Waals surface area contributed by atoms with E-state index in [1.807, 2.05) is 14.0 Å². The second kappa shape index (κ2) is 6.64. The van der Waals surface area contributed by atoms with Crippen LogP contribution in [0.25, 0.3) is 0 Å². The van der Waals surface area contributed by atoms with Crippen LogP contribution in [0.5, 0.6) is 0 Å². The van der Waals surface area contributed by atoms with E-state index in [-0.39, 0.29) is 0 Å². The van der Waals surface area contributed by atoms with E-state index in [4.69, 9.17) is 4.42 Å². The van der Waals surface area contributed by atoms with Gasteiger partial charge in [-0.05, 0) is 53.0 Å². The molecule has 0 radical (unpaired) electrons. The van der Waals surface area contributed by atoms with Crippen molar-refractivity contribution in [2.75, 3.05) is 27.2 Å². The molecule has 1 heterocycles. The van der Waals surface area contributed by atoms with Crippen LogP contribution in [0.15, 0.2) is 16.7 Å². The van der Waals surface area contributed by atoms with Crippen molar-refractivity contribution in [3.63, 3.8) is 0 Å². The second-order valence-corrected chi connectivity index (χ2v) is 4.05. The number of nitrogens with one attached hydrogen (secondary N) is 1. The van der Waals surface area contributed by atoms with E-state index in [0.717, 1.165) is 25.4 Å². The predicted molar refractivity (Wildman–Crippen MR) is 62.9 cm³/mol. The Morgan fingerprint density at radius 3 is 2.80 bits per heavy atom. The highest BCUT2D eigenvalue weighted by Crippen LogP contribution is 2.11. The first kappa shape index (κ1) is 12.3. The molecule has 15 heavy (non-hydrogen) atoms. The maximum absolute atomic E-state index is 5.27. The molecule has 0 fully saturated rings. The fraction of sp³-hybridized carbons (Fsp3) is 0.667. The zero-order valence-electron chi connectivity index (χ0n) is 10.0. The maximum atomic E-state index is 5.27. The molecular weight excluding hydrogens is 188 g/mol. The molecular formula is C12H22N2O. The average Bonchev–Trinajstić information content (AvgIpc) is 2.59. The van der Waals surface area contributed by atoms with E-state index >= 15 is 0 Å². The molecule has 0 unspecified atom stereocenters.